The molecule has 2 aliphatic heterocycles. The molecule has 0 spiro atoms. The van der Waals surface area contributed by atoms with E-state index in [4.69, 9.17) is 0 Å². The highest BCUT2D eigenvalue weighted by Crippen LogP contribution is 2.30. The minimum atomic E-state index is -4.32. The van der Waals surface area contributed by atoms with E-state index in [1.54, 1.807) is 6.92 Å². The van der Waals surface area contributed by atoms with E-state index in [9.17, 15) is 18.0 Å². The van der Waals surface area contributed by atoms with Crippen molar-refractivity contribution in [3.05, 3.63) is 76.4 Å². The predicted octanol–water partition coefficient (Wildman–Crippen LogP) is 5.17. The molecule has 2 aromatic rings. The van der Waals surface area contributed by atoms with Gasteiger partial charge in [0, 0.05) is 31.8 Å². The van der Waals surface area contributed by atoms with E-state index in [1.165, 1.54) is 28.8 Å². The SMILES string of the molecule is CC(=O)CCc1ccc2c(c1)CCN(CC1=NCC(c3ccc(C(F)(F)F)cc3)=C1)CC2. The minimum absolute atomic E-state index is 0.215. The number of alkyl halides is 3. The molecule has 2 heterocycles. The van der Waals surface area contributed by atoms with Crippen LogP contribution in [0.3, 0.4) is 0 Å². The van der Waals surface area contributed by atoms with E-state index in [-0.39, 0.29) is 5.78 Å². The molecular formula is C26H27F3N2O. The molecule has 0 N–H and O–H groups in total. The van der Waals surface area contributed by atoms with Crippen molar-refractivity contribution in [2.45, 2.75) is 38.8 Å². The number of halogens is 3. The second-order valence-corrected chi connectivity index (χ2v) is 8.63. The van der Waals surface area contributed by atoms with Crippen LogP contribution in [0.25, 0.3) is 5.57 Å². The summed E-state index contributed by atoms with van der Waals surface area (Å²) in [6, 6.07) is 11.9. The fourth-order valence-corrected chi connectivity index (χ4v) is 4.31. The minimum Gasteiger partial charge on any atom is -0.300 e. The number of aryl methyl sites for hydroxylation is 1. The summed E-state index contributed by atoms with van der Waals surface area (Å²) in [7, 11) is 0. The Morgan fingerprint density at radius 2 is 1.75 bits per heavy atom. The van der Waals surface area contributed by atoms with Crippen LogP contribution in [-0.4, -0.2) is 42.6 Å². The number of carbonyl (C=O) groups excluding carboxylic acids is 1. The quantitative estimate of drug-likeness (QED) is 0.621. The van der Waals surface area contributed by atoms with Crippen LogP contribution >= 0.6 is 0 Å². The number of benzene rings is 2. The molecule has 0 radical (unpaired) electrons. The van der Waals surface area contributed by atoms with Crippen LogP contribution in [0.2, 0.25) is 0 Å². The van der Waals surface area contributed by atoms with Crippen molar-refractivity contribution in [2.75, 3.05) is 26.2 Å². The maximum atomic E-state index is 12.8. The summed E-state index contributed by atoms with van der Waals surface area (Å²) in [6.07, 6.45) is 1.01. The zero-order valence-corrected chi connectivity index (χ0v) is 18.2. The van der Waals surface area contributed by atoms with Gasteiger partial charge in [0.15, 0.2) is 0 Å². The molecule has 0 unspecified atom stereocenters. The molecule has 3 nitrogen and oxygen atoms in total. The standard InChI is InChI=1S/C26H27F3N2O/c1-18(32)2-3-19-4-5-21-10-12-31(13-11-22(21)14-19)17-25-15-23(16-30-25)20-6-8-24(9-7-20)26(27,28)29/h4-9,14-15H,2-3,10-13,16-17H2,1H3. The van der Waals surface area contributed by atoms with Gasteiger partial charge in [-0.05, 0) is 72.2 Å². The number of hydrogen-bond donors (Lipinski definition) is 0. The lowest BCUT2D eigenvalue weighted by Crippen LogP contribution is -2.31. The van der Waals surface area contributed by atoms with Crippen LogP contribution in [0.1, 0.15) is 41.2 Å². The predicted molar refractivity (Wildman–Crippen MR) is 121 cm³/mol. The maximum absolute atomic E-state index is 12.8. The number of hydrogen-bond acceptors (Lipinski definition) is 3. The second kappa shape index (κ2) is 9.41. The Bertz CT molecular complexity index is 1050. The van der Waals surface area contributed by atoms with E-state index in [2.05, 4.69) is 28.1 Å². The first-order valence-electron chi connectivity index (χ1n) is 11.0. The topological polar surface area (TPSA) is 32.7 Å². The molecule has 0 saturated carbocycles. The van der Waals surface area contributed by atoms with E-state index in [1.807, 2.05) is 6.08 Å². The van der Waals surface area contributed by atoms with Crippen molar-refractivity contribution in [2.24, 2.45) is 4.99 Å². The lowest BCUT2D eigenvalue weighted by molar-refractivity contribution is -0.137. The molecule has 32 heavy (non-hydrogen) atoms. The fourth-order valence-electron chi connectivity index (χ4n) is 4.31. The van der Waals surface area contributed by atoms with Crippen molar-refractivity contribution < 1.29 is 18.0 Å². The fraction of sp³-hybridized carbons (Fsp3) is 0.385. The van der Waals surface area contributed by atoms with Gasteiger partial charge in [0.25, 0.3) is 0 Å². The third-order valence-electron chi connectivity index (χ3n) is 6.19. The summed E-state index contributed by atoms with van der Waals surface area (Å²) in [4.78, 5) is 18.3. The molecule has 0 aliphatic carbocycles. The van der Waals surface area contributed by atoms with Crippen LogP contribution in [-0.2, 0) is 30.2 Å². The number of aliphatic imine (C=N–C) groups is 1. The van der Waals surface area contributed by atoms with Crippen LogP contribution < -0.4 is 0 Å². The number of carbonyl (C=O) groups is 1. The summed E-state index contributed by atoms with van der Waals surface area (Å²) in [5.74, 6) is 0.215. The monoisotopic (exact) mass is 440 g/mol. The Kier molecular flexibility index (Phi) is 6.60. The maximum Gasteiger partial charge on any atom is 0.416 e. The second-order valence-electron chi connectivity index (χ2n) is 8.63. The van der Waals surface area contributed by atoms with Crippen molar-refractivity contribution >= 4 is 17.1 Å². The van der Waals surface area contributed by atoms with E-state index in [0.29, 0.717) is 13.0 Å². The largest absolute Gasteiger partial charge is 0.416 e. The summed E-state index contributed by atoms with van der Waals surface area (Å²) < 4.78 is 38.4. The summed E-state index contributed by atoms with van der Waals surface area (Å²) in [6.45, 7) is 4.77. The molecule has 0 bridgehead atoms. The molecule has 4 rings (SSSR count). The van der Waals surface area contributed by atoms with Gasteiger partial charge in [-0.15, -0.1) is 0 Å². The molecule has 0 amide bonds. The third kappa shape index (κ3) is 5.54. The zero-order valence-electron chi connectivity index (χ0n) is 18.2. The molecule has 0 aromatic heterocycles. The van der Waals surface area contributed by atoms with Gasteiger partial charge in [-0.1, -0.05) is 30.3 Å². The molecular weight excluding hydrogens is 413 g/mol. The van der Waals surface area contributed by atoms with E-state index < -0.39 is 11.7 Å². The summed E-state index contributed by atoms with van der Waals surface area (Å²) in [5.41, 5.74) is 6.05. The number of nitrogens with zero attached hydrogens (tertiary/aromatic N) is 2. The van der Waals surface area contributed by atoms with Gasteiger partial charge in [0.1, 0.15) is 5.78 Å². The van der Waals surface area contributed by atoms with Gasteiger partial charge in [0.05, 0.1) is 12.1 Å². The Labute approximate surface area is 186 Å². The normalized spacial score (nSPS) is 16.9. The van der Waals surface area contributed by atoms with Gasteiger partial charge >= 0.3 is 6.18 Å². The van der Waals surface area contributed by atoms with Crippen molar-refractivity contribution in [3.63, 3.8) is 0 Å². The van der Waals surface area contributed by atoms with Crippen molar-refractivity contribution in [1.82, 2.24) is 4.90 Å². The highest BCUT2D eigenvalue weighted by Gasteiger charge is 2.30. The first kappa shape index (κ1) is 22.5. The lowest BCUT2D eigenvalue weighted by Gasteiger charge is -2.18. The Balaban J connectivity index is 1.36. The summed E-state index contributed by atoms with van der Waals surface area (Å²) in [5, 5.41) is 0. The lowest BCUT2D eigenvalue weighted by atomic mass is 9.98. The third-order valence-corrected chi connectivity index (χ3v) is 6.19. The Morgan fingerprint density at radius 3 is 2.44 bits per heavy atom. The van der Waals surface area contributed by atoms with Gasteiger partial charge < -0.3 is 4.79 Å². The number of Topliss-reactive ketones (excluding diaryl/α,β-unsaturated/α-hetero) is 1. The highest BCUT2D eigenvalue weighted by atomic mass is 19.4. The summed E-state index contributed by atoms with van der Waals surface area (Å²) >= 11 is 0. The zero-order chi connectivity index (χ0) is 22.7. The molecule has 6 heteroatoms. The van der Waals surface area contributed by atoms with Gasteiger partial charge in [-0.25, -0.2) is 0 Å². The smallest absolute Gasteiger partial charge is 0.300 e. The van der Waals surface area contributed by atoms with Crippen LogP contribution in [0.5, 0.6) is 0 Å². The highest BCUT2D eigenvalue weighted by molar-refractivity contribution is 6.05. The molecule has 168 valence electrons. The van der Waals surface area contributed by atoms with Gasteiger partial charge in [-0.2, -0.15) is 13.2 Å². The Hall–Kier alpha value is -2.73. The average Bonchev–Trinajstić information content (AvgIpc) is 3.13. The van der Waals surface area contributed by atoms with Crippen LogP contribution in [0.15, 0.2) is 53.5 Å². The van der Waals surface area contributed by atoms with Crippen molar-refractivity contribution in [1.29, 1.82) is 0 Å². The first-order valence-corrected chi connectivity index (χ1v) is 11.0. The molecule has 2 aliphatic rings. The van der Waals surface area contributed by atoms with Crippen molar-refractivity contribution in [3.8, 4) is 0 Å². The molecule has 2 aromatic carbocycles. The first-order chi connectivity index (χ1) is 15.3. The van der Waals surface area contributed by atoms with Gasteiger partial charge in [0.2, 0.25) is 0 Å². The van der Waals surface area contributed by atoms with Crippen LogP contribution in [0.4, 0.5) is 13.2 Å². The number of rotatable bonds is 6. The molecule has 0 saturated heterocycles. The van der Waals surface area contributed by atoms with E-state index >= 15 is 0 Å². The number of ketones is 1. The average molecular weight is 441 g/mol. The molecule has 0 fully saturated rings. The van der Waals surface area contributed by atoms with E-state index in [0.717, 1.165) is 67.9 Å². The Morgan fingerprint density at radius 1 is 1.03 bits per heavy atom. The number of fused-ring (bicyclic) bond motifs is 1. The van der Waals surface area contributed by atoms with Gasteiger partial charge in [-0.3, -0.25) is 9.89 Å². The van der Waals surface area contributed by atoms with Crippen LogP contribution in [0, 0.1) is 0 Å². The molecule has 0 atom stereocenters.